The fourth-order valence-corrected chi connectivity index (χ4v) is 4.48. The Kier molecular flexibility index (Phi) is 5.76. The van der Waals surface area contributed by atoms with Crippen molar-refractivity contribution in [2.45, 2.75) is 30.6 Å². The summed E-state index contributed by atoms with van der Waals surface area (Å²) >= 11 is 0. The molecule has 0 saturated heterocycles. The van der Waals surface area contributed by atoms with Gasteiger partial charge in [0.1, 0.15) is 5.84 Å². The number of sulfonamides is 1. The summed E-state index contributed by atoms with van der Waals surface area (Å²) in [5.41, 5.74) is 1.75. The first kappa shape index (κ1) is 20.0. The van der Waals surface area contributed by atoms with E-state index in [4.69, 9.17) is 0 Å². The predicted octanol–water partition coefficient (Wildman–Crippen LogP) is 3.74. The zero-order chi connectivity index (χ0) is 21.0. The van der Waals surface area contributed by atoms with Crippen molar-refractivity contribution in [3.8, 4) is 0 Å². The lowest BCUT2D eigenvalue weighted by Crippen LogP contribution is -2.30. The molecule has 0 saturated carbocycles. The van der Waals surface area contributed by atoms with Crippen molar-refractivity contribution in [2.24, 2.45) is 4.99 Å². The van der Waals surface area contributed by atoms with Gasteiger partial charge >= 0.3 is 0 Å². The van der Waals surface area contributed by atoms with E-state index >= 15 is 0 Å². The number of amidine groups is 1. The number of hydrogen-bond acceptors (Lipinski definition) is 5. The number of nitrogens with zero attached hydrogens (tertiary/aromatic N) is 2. The number of fused-ring (bicyclic) bond motifs is 1. The second-order valence-electron chi connectivity index (χ2n) is 7.10. The number of hydrogen-bond donors (Lipinski definition) is 2. The molecular weight excluding hydrogens is 400 g/mol. The number of nitrogens with one attached hydrogen (secondary N) is 2. The lowest BCUT2D eigenvalue weighted by molar-refractivity contribution is 0.102. The first-order chi connectivity index (χ1) is 14.5. The summed E-state index contributed by atoms with van der Waals surface area (Å²) in [5, 5.41) is 3.57. The van der Waals surface area contributed by atoms with Crippen molar-refractivity contribution in [1.82, 2.24) is 9.71 Å². The second kappa shape index (κ2) is 8.62. The number of amides is 1. The number of anilines is 1. The molecule has 0 unspecified atom stereocenters. The third-order valence-electron chi connectivity index (χ3n) is 4.94. The van der Waals surface area contributed by atoms with Gasteiger partial charge < -0.3 is 5.32 Å². The molecule has 4 rings (SSSR count). The van der Waals surface area contributed by atoms with Gasteiger partial charge in [0.15, 0.2) is 0 Å². The first-order valence-corrected chi connectivity index (χ1v) is 11.3. The third-order valence-corrected chi connectivity index (χ3v) is 6.34. The quantitative estimate of drug-likeness (QED) is 0.669. The molecule has 0 radical (unpaired) electrons. The molecule has 154 valence electrons. The number of carbonyl (C=O) groups is 1. The Morgan fingerprint density at radius 2 is 1.77 bits per heavy atom. The molecule has 1 aromatic heterocycles. The Labute approximate surface area is 175 Å². The van der Waals surface area contributed by atoms with Crippen LogP contribution in [0.3, 0.4) is 0 Å². The lowest BCUT2D eigenvalue weighted by Gasteiger charge is -2.11. The first-order valence-electron chi connectivity index (χ1n) is 9.84. The minimum absolute atomic E-state index is 0.127. The summed E-state index contributed by atoms with van der Waals surface area (Å²) in [5.74, 6) is 0.226. The molecule has 2 aromatic carbocycles. The molecular formula is C22H22N4O3S. The Morgan fingerprint density at radius 3 is 2.60 bits per heavy atom. The van der Waals surface area contributed by atoms with Crippen LogP contribution in [-0.4, -0.2) is 31.7 Å². The van der Waals surface area contributed by atoms with E-state index in [2.05, 4.69) is 20.0 Å². The Hall–Kier alpha value is -3.26. The van der Waals surface area contributed by atoms with Crippen molar-refractivity contribution in [2.75, 3.05) is 11.9 Å². The molecule has 2 heterocycles. The molecule has 8 heteroatoms. The van der Waals surface area contributed by atoms with Crippen LogP contribution in [0.1, 0.15) is 36.0 Å². The van der Waals surface area contributed by atoms with Crippen LogP contribution >= 0.6 is 0 Å². The van der Waals surface area contributed by atoms with Gasteiger partial charge in [0.25, 0.3) is 15.9 Å². The van der Waals surface area contributed by atoms with Crippen molar-refractivity contribution in [3.63, 3.8) is 0 Å². The van der Waals surface area contributed by atoms with Crippen molar-refractivity contribution in [1.29, 1.82) is 0 Å². The fraction of sp³-hybridized carbons (Fsp3) is 0.227. The van der Waals surface area contributed by atoms with Gasteiger partial charge in [-0.25, -0.2) is 8.42 Å². The maximum absolute atomic E-state index is 12.7. The van der Waals surface area contributed by atoms with Gasteiger partial charge in [0, 0.05) is 35.8 Å². The monoisotopic (exact) mass is 422 g/mol. The SMILES string of the molecule is O=C(Nc1ccc(S(=O)(=O)NC2=NCCCCC2)cc1)c1cccc2ncccc12. The standard InChI is InChI=1S/C22H22N4O3S/c27-22(19-6-4-8-20-18(19)7-5-15-23-20)25-16-10-12-17(13-11-16)30(28,29)26-21-9-2-1-3-14-24-21/h4-8,10-13,15H,1-3,9,14H2,(H,24,26)(H,25,27). The number of benzene rings is 2. The molecule has 0 spiro atoms. The summed E-state index contributed by atoms with van der Waals surface area (Å²) in [6, 6.07) is 15.1. The van der Waals surface area contributed by atoms with E-state index in [-0.39, 0.29) is 10.8 Å². The zero-order valence-corrected chi connectivity index (χ0v) is 17.2. The minimum Gasteiger partial charge on any atom is -0.322 e. The third kappa shape index (κ3) is 4.49. The van der Waals surface area contributed by atoms with Gasteiger partial charge in [-0.05, 0) is 55.3 Å². The Balaban J connectivity index is 1.49. The van der Waals surface area contributed by atoms with Crippen molar-refractivity contribution < 1.29 is 13.2 Å². The summed E-state index contributed by atoms with van der Waals surface area (Å²) in [4.78, 5) is 21.4. The van der Waals surface area contributed by atoms with Crippen LogP contribution in [-0.2, 0) is 10.0 Å². The van der Waals surface area contributed by atoms with Crippen LogP contribution in [0, 0.1) is 0 Å². The number of carbonyl (C=O) groups excluding carboxylic acids is 1. The molecule has 1 aliphatic rings. The van der Waals surface area contributed by atoms with Crippen molar-refractivity contribution >= 4 is 38.4 Å². The molecule has 0 fully saturated rings. The molecule has 0 aliphatic carbocycles. The van der Waals surface area contributed by atoms with Gasteiger partial charge in [-0.3, -0.25) is 19.5 Å². The van der Waals surface area contributed by atoms with E-state index in [0.29, 0.717) is 30.1 Å². The second-order valence-corrected chi connectivity index (χ2v) is 8.78. The molecule has 1 aliphatic heterocycles. The van der Waals surface area contributed by atoms with E-state index in [0.717, 1.165) is 30.2 Å². The zero-order valence-electron chi connectivity index (χ0n) is 16.3. The summed E-state index contributed by atoms with van der Waals surface area (Å²) in [6.45, 7) is 0.645. The van der Waals surface area contributed by atoms with Gasteiger partial charge in [0.2, 0.25) is 0 Å². The van der Waals surface area contributed by atoms with E-state index in [9.17, 15) is 13.2 Å². The summed E-state index contributed by atoms with van der Waals surface area (Å²) in [7, 11) is -3.70. The van der Waals surface area contributed by atoms with Crippen LogP contribution in [0.25, 0.3) is 10.9 Å². The summed E-state index contributed by atoms with van der Waals surface area (Å²) in [6.07, 6.45) is 5.27. The normalized spacial score (nSPS) is 14.6. The molecule has 0 bridgehead atoms. The molecule has 0 atom stereocenters. The predicted molar refractivity (Wildman–Crippen MR) is 117 cm³/mol. The van der Waals surface area contributed by atoms with E-state index in [1.54, 1.807) is 36.5 Å². The number of rotatable bonds is 4. The maximum atomic E-state index is 12.7. The smallest absolute Gasteiger partial charge is 0.262 e. The summed E-state index contributed by atoms with van der Waals surface area (Å²) < 4.78 is 27.8. The van der Waals surface area contributed by atoms with Crippen molar-refractivity contribution in [3.05, 3.63) is 66.4 Å². The van der Waals surface area contributed by atoms with E-state index in [1.165, 1.54) is 12.1 Å². The van der Waals surface area contributed by atoms with E-state index < -0.39 is 10.0 Å². The molecule has 2 N–H and O–H groups in total. The van der Waals surface area contributed by atoms with Crippen LogP contribution in [0.4, 0.5) is 5.69 Å². The molecule has 30 heavy (non-hydrogen) atoms. The lowest BCUT2D eigenvalue weighted by atomic mass is 10.1. The molecule has 3 aromatic rings. The minimum atomic E-state index is -3.70. The fourth-order valence-electron chi connectivity index (χ4n) is 3.39. The van der Waals surface area contributed by atoms with Crippen LogP contribution in [0.5, 0.6) is 0 Å². The highest BCUT2D eigenvalue weighted by molar-refractivity contribution is 7.90. The molecule has 1 amide bonds. The maximum Gasteiger partial charge on any atom is 0.262 e. The Bertz CT molecular complexity index is 1200. The van der Waals surface area contributed by atoms with Gasteiger partial charge in [-0.15, -0.1) is 0 Å². The highest BCUT2D eigenvalue weighted by Gasteiger charge is 2.17. The highest BCUT2D eigenvalue weighted by Crippen LogP contribution is 2.20. The number of pyridine rings is 1. The number of aromatic nitrogens is 1. The molecule has 7 nitrogen and oxygen atoms in total. The van der Waals surface area contributed by atoms with Crippen LogP contribution in [0.15, 0.2) is 70.7 Å². The topological polar surface area (TPSA) is 101 Å². The van der Waals surface area contributed by atoms with E-state index in [1.807, 2.05) is 12.1 Å². The average Bonchev–Trinajstić information content (AvgIpc) is 3.02. The average molecular weight is 423 g/mol. The van der Waals surface area contributed by atoms with Crippen LogP contribution < -0.4 is 10.0 Å². The van der Waals surface area contributed by atoms with Gasteiger partial charge in [-0.2, -0.15) is 0 Å². The van der Waals surface area contributed by atoms with Gasteiger partial charge in [-0.1, -0.05) is 18.6 Å². The Morgan fingerprint density at radius 1 is 0.933 bits per heavy atom. The van der Waals surface area contributed by atoms with Crippen LogP contribution in [0.2, 0.25) is 0 Å². The largest absolute Gasteiger partial charge is 0.322 e. The number of aliphatic imine (C=N–C) groups is 1. The van der Waals surface area contributed by atoms with Gasteiger partial charge in [0.05, 0.1) is 10.4 Å². The highest BCUT2D eigenvalue weighted by atomic mass is 32.2.